The molecule has 5 fully saturated rings. The Morgan fingerprint density at radius 3 is 2.50 bits per heavy atom. The molecule has 3 saturated carbocycles. The highest BCUT2D eigenvalue weighted by Crippen LogP contribution is 2.73. The number of aliphatic hydroxyl groups is 1. The van der Waals surface area contributed by atoms with Crippen LogP contribution in [0.3, 0.4) is 0 Å². The summed E-state index contributed by atoms with van der Waals surface area (Å²) >= 11 is 0. The Bertz CT molecular complexity index is 1100. The van der Waals surface area contributed by atoms with Crippen LogP contribution in [-0.4, -0.2) is 55.0 Å². The van der Waals surface area contributed by atoms with Crippen molar-refractivity contribution in [2.24, 2.45) is 11.8 Å². The van der Waals surface area contributed by atoms with Gasteiger partial charge in [0.25, 0.3) is 0 Å². The highest BCUT2D eigenvalue weighted by atomic mass is 16.7. The largest absolute Gasteiger partial charge is 0.385 e. The second kappa shape index (κ2) is 6.89. The monoisotopic (exact) mass is 461 g/mol. The predicted molar refractivity (Wildman–Crippen MR) is 129 cm³/mol. The molecule has 4 aliphatic carbocycles. The van der Waals surface area contributed by atoms with Gasteiger partial charge in [-0.1, -0.05) is 23.6 Å². The molecule has 1 N–H and O–H groups in total. The van der Waals surface area contributed by atoms with Crippen LogP contribution in [0, 0.1) is 24.2 Å². The van der Waals surface area contributed by atoms with Crippen LogP contribution in [-0.2, 0) is 14.2 Å². The van der Waals surface area contributed by atoms with Crippen LogP contribution in [0.1, 0.15) is 62.8 Å². The lowest BCUT2D eigenvalue weighted by molar-refractivity contribution is -0.208. The van der Waals surface area contributed by atoms with Gasteiger partial charge in [-0.3, -0.25) is 0 Å². The summed E-state index contributed by atoms with van der Waals surface area (Å²) < 4.78 is 18.6. The minimum absolute atomic E-state index is 0.190. The third kappa shape index (κ3) is 2.66. The maximum atomic E-state index is 12.1. The maximum absolute atomic E-state index is 12.1. The van der Waals surface area contributed by atoms with Crippen molar-refractivity contribution in [2.75, 3.05) is 32.2 Å². The zero-order chi connectivity index (χ0) is 23.3. The molecule has 6 aliphatic rings. The summed E-state index contributed by atoms with van der Waals surface area (Å²) in [7, 11) is 4.15. The molecule has 1 aromatic carbocycles. The van der Waals surface area contributed by atoms with E-state index in [1.54, 1.807) is 0 Å². The number of nitrogens with zero attached hydrogens (tertiary/aromatic N) is 1. The molecule has 7 rings (SSSR count). The molecule has 34 heavy (non-hydrogen) atoms. The minimum Gasteiger partial charge on any atom is -0.385 e. The smallest absolute Gasteiger partial charge is 0.171 e. The Hall–Kier alpha value is -1.84. The van der Waals surface area contributed by atoms with Crippen molar-refractivity contribution in [1.82, 2.24) is 0 Å². The SMILES string of the molecule is C#C[C@]12CC[C@H]3[C@@H]4CC[C@@]5(O)CC6(CCC5=C4[C@@H](c4ccc(N(C)C)cc4)C[C@@]31O2)OCCO6. The summed E-state index contributed by atoms with van der Waals surface area (Å²) in [4.78, 5) is 2.13. The number of rotatable bonds is 2. The molecule has 2 saturated heterocycles. The number of hydrogen-bond acceptors (Lipinski definition) is 5. The van der Waals surface area contributed by atoms with E-state index in [0.29, 0.717) is 31.5 Å². The van der Waals surface area contributed by atoms with Crippen LogP contribution < -0.4 is 4.90 Å². The molecule has 6 atom stereocenters. The number of anilines is 1. The zero-order valence-corrected chi connectivity index (χ0v) is 20.3. The average Bonchev–Trinajstić information content (AvgIpc) is 3.09. The molecule has 0 aromatic heterocycles. The number of allylic oxidation sites excluding steroid dienone is 1. The molecule has 2 heterocycles. The Balaban J connectivity index is 1.34. The van der Waals surface area contributed by atoms with Gasteiger partial charge in [-0.25, -0.2) is 0 Å². The van der Waals surface area contributed by atoms with Gasteiger partial charge >= 0.3 is 0 Å². The third-order valence-corrected chi connectivity index (χ3v) is 10.1. The van der Waals surface area contributed by atoms with Crippen molar-refractivity contribution >= 4 is 5.69 Å². The first-order chi connectivity index (χ1) is 16.3. The number of ether oxygens (including phenoxy) is 3. The molecule has 5 heteroatoms. The number of epoxide rings is 1. The molecule has 0 bridgehead atoms. The van der Waals surface area contributed by atoms with E-state index in [1.165, 1.54) is 22.4 Å². The van der Waals surface area contributed by atoms with Gasteiger partial charge in [0.05, 0.1) is 18.8 Å². The molecule has 0 amide bonds. The number of fused-ring (bicyclic) bond motifs is 3. The van der Waals surface area contributed by atoms with Gasteiger partial charge in [0.15, 0.2) is 11.4 Å². The van der Waals surface area contributed by atoms with Crippen LogP contribution in [0.4, 0.5) is 5.69 Å². The summed E-state index contributed by atoms with van der Waals surface area (Å²) in [6.07, 6.45) is 13.0. The molecule has 5 nitrogen and oxygen atoms in total. The summed E-state index contributed by atoms with van der Waals surface area (Å²) in [6, 6.07) is 8.97. The van der Waals surface area contributed by atoms with Gasteiger partial charge in [0.2, 0.25) is 0 Å². The first-order valence-corrected chi connectivity index (χ1v) is 13.0. The minimum atomic E-state index is -0.840. The average molecular weight is 462 g/mol. The first-order valence-electron chi connectivity index (χ1n) is 13.0. The highest BCUT2D eigenvalue weighted by molar-refractivity contribution is 5.52. The van der Waals surface area contributed by atoms with Gasteiger partial charge in [-0.05, 0) is 73.6 Å². The van der Waals surface area contributed by atoms with E-state index in [2.05, 4.69) is 49.2 Å². The van der Waals surface area contributed by atoms with E-state index in [0.717, 1.165) is 44.9 Å². The van der Waals surface area contributed by atoms with E-state index in [4.69, 9.17) is 20.6 Å². The van der Waals surface area contributed by atoms with Crippen molar-refractivity contribution in [3.05, 3.63) is 41.0 Å². The lowest BCUT2D eigenvalue weighted by atomic mass is 9.54. The van der Waals surface area contributed by atoms with Crippen LogP contribution in [0.25, 0.3) is 0 Å². The second-order valence-corrected chi connectivity index (χ2v) is 11.7. The van der Waals surface area contributed by atoms with Gasteiger partial charge < -0.3 is 24.2 Å². The number of terminal acetylenes is 1. The van der Waals surface area contributed by atoms with Crippen molar-refractivity contribution in [3.63, 3.8) is 0 Å². The molecule has 1 aromatic rings. The second-order valence-electron chi connectivity index (χ2n) is 11.7. The van der Waals surface area contributed by atoms with Gasteiger partial charge in [-0.15, -0.1) is 6.42 Å². The van der Waals surface area contributed by atoms with Crippen molar-refractivity contribution in [1.29, 1.82) is 0 Å². The normalized spacial score (nSPS) is 43.5. The maximum Gasteiger partial charge on any atom is 0.171 e. The van der Waals surface area contributed by atoms with Crippen LogP contribution in [0.2, 0.25) is 0 Å². The Labute approximate surface area is 202 Å². The summed E-state index contributed by atoms with van der Waals surface area (Å²) in [5.74, 6) is 3.58. The van der Waals surface area contributed by atoms with Crippen molar-refractivity contribution in [2.45, 2.75) is 79.9 Å². The Morgan fingerprint density at radius 1 is 1.06 bits per heavy atom. The van der Waals surface area contributed by atoms with Gasteiger partial charge in [-0.2, -0.15) is 0 Å². The standard InChI is InChI=1S/C29H35NO4/c1-4-27-13-10-23-21-9-12-26(31)18-28(32-15-16-33-28)14-11-24(26)25(21)22(17-29(23,27)34-27)19-5-7-20(8-6-19)30(2)3/h1,5-8,21-23,31H,9-18H2,2-3H3/t21-,22+,23-,26+,27-,29+/m0/s1. The zero-order valence-electron chi connectivity index (χ0n) is 20.3. The van der Waals surface area contributed by atoms with Crippen molar-refractivity contribution in [3.8, 4) is 12.3 Å². The lowest BCUT2D eigenvalue weighted by Gasteiger charge is -2.53. The first kappa shape index (κ1) is 21.4. The molecular formula is C29H35NO4. The van der Waals surface area contributed by atoms with E-state index in [1.807, 2.05) is 0 Å². The fourth-order valence-corrected chi connectivity index (χ4v) is 8.58. The summed E-state index contributed by atoms with van der Waals surface area (Å²) in [5.41, 5.74) is 3.86. The number of hydrogen-bond donors (Lipinski definition) is 1. The predicted octanol–water partition coefficient (Wildman–Crippen LogP) is 4.16. The van der Waals surface area contributed by atoms with E-state index in [-0.39, 0.29) is 17.1 Å². The van der Waals surface area contributed by atoms with Crippen LogP contribution in [0.5, 0.6) is 0 Å². The quantitative estimate of drug-likeness (QED) is 0.407. The fraction of sp³-hybridized carbons (Fsp3) is 0.655. The summed E-state index contributed by atoms with van der Waals surface area (Å²) in [5, 5.41) is 12.1. The topological polar surface area (TPSA) is 54.5 Å². The molecule has 180 valence electrons. The third-order valence-electron chi connectivity index (χ3n) is 10.1. The van der Waals surface area contributed by atoms with E-state index < -0.39 is 11.4 Å². The van der Waals surface area contributed by atoms with Crippen molar-refractivity contribution < 1.29 is 19.3 Å². The van der Waals surface area contributed by atoms with Crippen LogP contribution >= 0.6 is 0 Å². The fourth-order valence-electron chi connectivity index (χ4n) is 8.58. The van der Waals surface area contributed by atoms with E-state index >= 15 is 0 Å². The molecular weight excluding hydrogens is 426 g/mol. The van der Waals surface area contributed by atoms with Gasteiger partial charge in [0, 0.05) is 38.5 Å². The molecule has 0 unspecified atom stereocenters. The Kier molecular flexibility index (Phi) is 4.34. The molecule has 0 radical (unpaired) electrons. The van der Waals surface area contributed by atoms with E-state index in [9.17, 15) is 5.11 Å². The molecule has 2 spiro atoms. The molecule has 2 aliphatic heterocycles. The van der Waals surface area contributed by atoms with Crippen LogP contribution in [0.15, 0.2) is 35.4 Å². The number of benzene rings is 1. The highest BCUT2D eigenvalue weighted by Gasteiger charge is 2.79. The van der Waals surface area contributed by atoms with Gasteiger partial charge in [0.1, 0.15) is 5.60 Å². The Morgan fingerprint density at radius 2 is 1.82 bits per heavy atom. The lowest BCUT2D eigenvalue weighted by Crippen LogP contribution is -2.53. The summed E-state index contributed by atoms with van der Waals surface area (Å²) in [6.45, 7) is 1.25.